The van der Waals surface area contributed by atoms with Crippen molar-refractivity contribution >= 4 is 27.5 Å². The van der Waals surface area contributed by atoms with Crippen LogP contribution in [0.1, 0.15) is 17.3 Å². The lowest BCUT2D eigenvalue weighted by Crippen LogP contribution is -2.20. The van der Waals surface area contributed by atoms with E-state index in [0.29, 0.717) is 35.1 Å². The van der Waals surface area contributed by atoms with Crippen molar-refractivity contribution in [3.05, 3.63) is 48.0 Å². The molecule has 6 nitrogen and oxygen atoms in total. The highest BCUT2D eigenvalue weighted by Crippen LogP contribution is 2.42. The lowest BCUT2D eigenvalue weighted by Gasteiger charge is -2.18. The van der Waals surface area contributed by atoms with Gasteiger partial charge in [-0.05, 0) is 25.1 Å². The highest BCUT2D eigenvalue weighted by Gasteiger charge is 2.24. The molecule has 0 bridgehead atoms. The maximum Gasteiger partial charge on any atom is 0.335 e. The molecule has 1 aliphatic rings. The van der Waals surface area contributed by atoms with E-state index >= 15 is 0 Å². The van der Waals surface area contributed by atoms with E-state index in [4.69, 9.17) is 14.2 Å². The van der Waals surface area contributed by atoms with Crippen LogP contribution in [0.3, 0.4) is 0 Å². The van der Waals surface area contributed by atoms with E-state index in [1.165, 1.54) is 12.1 Å². The van der Waals surface area contributed by atoms with Gasteiger partial charge in [-0.3, -0.25) is 0 Å². The molecule has 1 aliphatic heterocycles. The van der Waals surface area contributed by atoms with Gasteiger partial charge in [0.15, 0.2) is 0 Å². The number of hydrogen-bond donors (Lipinski definition) is 2. The van der Waals surface area contributed by atoms with Gasteiger partial charge in [0.05, 0.1) is 24.9 Å². The highest BCUT2D eigenvalue weighted by atomic mass is 16.6. The third kappa shape index (κ3) is 3.54. The van der Waals surface area contributed by atoms with Gasteiger partial charge in [0.2, 0.25) is 0 Å². The molecule has 27 heavy (non-hydrogen) atoms. The van der Waals surface area contributed by atoms with E-state index in [-0.39, 0.29) is 23.5 Å². The maximum absolute atomic E-state index is 11.3. The van der Waals surface area contributed by atoms with Crippen molar-refractivity contribution in [3.63, 3.8) is 0 Å². The average molecular weight is 368 g/mol. The maximum atomic E-state index is 11.3. The summed E-state index contributed by atoms with van der Waals surface area (Å²) < 4.78 is 16.9. The van der Waals surface area contributed by atoms with Crippen LogP contribution in [0.4, 0.5) is 0 Å². The Morgan fingerprint density at radius 2 is 1.89 bits per heavy atom. The van der Waals surface area contributed by atoms with E-state index in [1.807, 2.05) is 25.1 Å². The molecule has 2 unspecified atom stereocenters. The number of carboxylic acid groups (broad SMARTS) is 1. The summed E-state index contributed by atoms with van der Waals surface area (Å²) in [5, 5.41) is 22.4. The summed E-state index contributed by atoms with van der Waals surface area (Å²) in [6.07, 6.45) is 0.0623. The fraction of sp³-hybridized carbons (Fsp3) is 0.286. The van der Waals surface area contributed by atoms with Crippen LogP contribution in [-0.2, 0) is 9.47 Å². The summed E-state index contributed by atoms with van der Waals surface area (Å²) in [4.78, 5) is 11.3. The number of phenols is 1. The molecule has 1 heterocycles. The van der Waals surface area contributed by atoms with Gasteiger partial charge in [-0.2, -0.15) is 0 Å². The van der Waals surface area contributed by atoms with Gasteiger partial charge in [0.1, 0.15) is 24.2 Å². The second-order valence-electron chi connectivity index (χ2n) is 6.70. The Morgan fingerprint density at radius 1 is 1.19 bits per heavy atom. The van der Waals surface area contributed by atoms with Crippen LogP contribution < -0.4 is 4.74 Å². The molecule has 3 aromatic rings. The molecule has 1 fully saturated rings. The highest BCUT2D eigenvalue weighted by molar-refractivity contribution is 6.12. The molecule has 2 atom stereocenters. The van der Waals surface area contributed by atoms with Crippen molar-refractivity contribution in [1.82, 2.24) is 0 Å². The van der Waals surface area contributed by atoms with Crippen molar-refractivity contribution in [2.24, 2.45) is 0 Å². The fourth-order valence-corrected chi connectivity index (χ4v) is 3.09. The summed E-state index contributed by atoms with van der Waals surface area (Å²) >= 11 is 0. The number of epoxide rings is 1. The summed E-state index contributed by atoms with van der Waals surface area (Å²) in [5.74, 6) is -0.393. The van der Waals surface area contributed by atoms with Crippen LogP contribution in [0.5, 0.6) is 11.5 Å². The number of carbonyl (C=O) groups is 1. The number of benzene rings is 3. The van der Waals surface area contributed by atoms with Crippen LogP contribution in [-0.4, -0.2) is 48.2 Å². The first-order chi connectivity index (χ1) is 13.0. The van der Waals surface area contributed by atoms with Crippen LogP contribution in [0.25, 0.3) is 21.5 Å². The Bertz CT molecular complexity index is 1010. The predicted molar refractivity (Wildman–Crippen MR) is 101 cm³/mol. The van der Waals surface area contributed by atoms with Gasteiger partial charge >= 0.3 is 5.97 Å². The zero-order valence-corrected chi connectivity index (χ0v) is 14.8. The van der Waals surface area contributed by atoms with E-state index in [0.717, 1.165) is 12.0 Å². The number of hydrogen-bond acceptors (Lipinski definition) is 5. The first-order valence-electron chi connectivity index (χ1n) is 8.81. The molecular formula is C21H20O6. The number of ether oxygens (including phenoxy) is 3. The molecule has 0 spiro atoms. The van der Waals surface area contributed by atoms with E-state index in [1.54, 1.807) is 12.1 Å². The third-order valence-electron chi connectivity index (χ3n) is 4.62. The van der Waals surface area contributed by atoms with Crippen LogP contribution >= 0.6 is 0 Å². The minimum Gasteiger partial charge on any atom is -0.507 e. The molecule has 0 saturated carbocycles. The SMILES string of the molecule is CC(COc1c2ccccc2c(O)c2cc(C(=O)O)ccc12)OCC1CO1. The molecule has 140 valence electrons. The fourth-order valence-electron chi connectivity index (χ4n) is 3.09. The molecule has 0 aliphatic carbocycles. The quantitative estimate of drug-likeness (QED) is 0.489. The standard InChI is InChI=1S/C21H20O6/c1-12(25-10-14-11-26-14)9-27-20-16-5-3-2-4-15(16)19(22)18-8-13(21(23)24)6-7-17(18)20/h2-8,12,14,22H,9-11H2,1H3,(H,23,24). The van der Waals surface area contributed by atoms with E-state index in [9.17, 15) is 15.0 Å². The first-order valence-corrected chi connectivity index (χ1v) is 8.81. The van der Waals surface area contributed by atoms with Gasteiger partial charge in [-0.25, -0.2) is 4.79 Å². The Kier molecular flexibility index (Phi) is 4.59. The summed E-state index contributed by atoms with van der Waals surface area (Å²) in [6, 6.07) is 12.0. The van der Waals surface area contributed by atoms with Gasteiger partial charge in [-0.15, -0.1) is 0 Å². The lowest BCUT2D eigenvalue weighted by atomic mass is 9.99. The van der Waals surface area contributed by atoms with E-state index < -0.39 is 5.97 Å². The lowest BCUT2D eigenvalue weighted by molar-refractivity contribution is 0.0248. The Balaban J connectivity index is 1.73. The Labute approximate surface area is 155 Å². The van der Waals surface area contributed by atoms with Crippen molar-refractivity contribution in [3.8, 4) is 11.5 Å². The number of aromatic carboxylic acids is 1. The van der Waals surface area contributed by atoms with Crippen molar-refractivity contribution in [2.75, 3.05) is 19.8 Å². The summed E-state index contributed by atoms with van der Waals surface area (Å²) in [7, 11) is 0. The molecule has 0 radical (unpaired) electrons. The van der Waals surface area contributed by atoms with Crippen molar-refractivity contribution in [2.45, 2.75) is 19.1 Å². The van der Waals surface area contributed by atoms with Gasteiger partial charge in [-0.1, -0.05) is 24.3 Å². The zero-order chi connectivity index (χ0) is 19.0. The van der Waals surface area contributed by atoms with Crippen LogP contribution in [0.15, 0.2) is 42.5 Å². The third-order valence-corrected chi connectivity index (χ3v) is 4.62. The normalized spacial score (nSPS) is 17.1. The van der Waals surface area contributed by atoms with E-state index in [2.05, 4.69) is 0 Å². The van der Waals surface area contributed by atoms with Crippen LogP contribution in [0.2, 0.25) is 0 Å². The molecule has 3 aromatic carbocycles. The Hall–Kier alpha value is -2.83. The van der Waals surface area contributed by atoms with Gasteiger partial charge in [0.25, 0.3) is 0 Å². The summed E-state index contributed by atoms with van der Waals surface area (Å²) in [6.45, 7) is 3.54. The van der Waals surface area contributed by atoms with Gasteiger partial charge in [0, 0.05) is 21.5 Å². The second kappa shape index (κ2) is 7.06. The molecule has 0 amide bonds. The van der Waals surface area contributed by atoms with Crippen LogP contribution in [0, 0.1) is 0 Å². The smallest absolute Gasteiger partial charge is 0.335 e. The average Bonchev–Trinajstić information content (AvgIpc) is 3.50. The zero-order valence-electron chi connectivity index (χ0n) is 14.8. The monoisotopic (exact) mass is 368 g/mol. The molecule has 4 rings (SSSR count). The number of carboxylic acids is 1. The van der Waals surface area contributed by atoms with Crippen molar-refractivity contribution in [1.29, 1.82) is 0 Å². The van der Waals surface area contributed by atoms with Crippen molar-refractivity contribution < 1.29 is 29.2 Å². The molecule has 0 aromatic heterocycles. The Morgan fingerprint density at radius 3 is 2.59 bits per heavy atom. The minimum absolute atomic E-state index is 0.0474. The minimum atomic E-state index is -1.05. The number of rotatable bonds is 7. The summed E-state index contributed by atoms with van der Waals surface area (Å²) in [5.41, 5.74) is 0.111. The van der Waals surface area contributed by atoms with Gasteiger partial charge < -0.3 is 24.4 Å². The number of aromatic hydroxyl groups is 1. The predicted octanol–water partition coefficient (Wildman–Crippen LogP) is 3.58. The molecular weight excluding hydrogens is 348 g/mol. The molecule has 6 heteroatoms. The second-order valence-corrected chi connectivity index (χ2v) is 6.70. The molecule has 1 saturated heterocycles. The topological polar surface area (TPSA) is 88.5 Å². The molecule has 2 N–H and O–H groups in total. The number of fused-ring (bicyclic) bond motifs is 2. The number of phenolic OH excluding ortho intramolecular Hbond substituents is 1. The largest absolute Gasteiger partial charge is 0.507 e. The first kappa shape index (κ1) is 17.6.